The third kappa shape index (κ3) is 4.20. The molecule has 2 aliphatic rings. The Morgan fingerprint density at radius 3 is 2.47 bits per heavy atom. The molecule has 0 amide bonds. The number of ether oxygens (including phenoxy) is 2. The summed E-state index contributed by atoms with van der Waals surface area (Å²) >= 11 is 6.14. The van der Waals surface area contributed by atoms with Gasteiger partial charge in [-0.15, -0.1) is 6.42 Å². The first-order valence-electron chi connectivity index (χ1n) is 10.7. The van der Waals surface area contributed by atoms with Gasteiger partial charge >= 0.3 is 0 Å². The molecule has 1 saturated heterocycles. The summed E-state index contributed by atoms with van der Waals surface area (Å²) in [5.41, 5.74) is 2.71. The second kappa shape index (κ2) is 8.87. The Balaban J connectivity index is 1.27. The molecule has 0 atom stereocenters. The van der Waals surface area contributed by atoms with Crippen LogP contribution in [0.25, 0.3) is 10.9 Å². The van der Waals surface area contributed by atoms with Crippen LogP contribution in [0, 0.1) is 12.3 Å². The summed E-state index contributed by atoms with van der Waals surface area (Å²) in [6, 6.07) is 13.7. The monoisotopic (exact) mass is 449 g/mol. The molecule has 1 aromatic heterocycles. The van der Waals surface area contributed by atoms with Crippen LogP contribution in [0.1, 0.15) is 11.1 Å². The van der Waals surface area contributed by atoms with Gasteiger partial charge in [-0.3, -0.25) is 19.2 Å². The average Bonchev–Trinajstić information content (AvgIpc) is 3.26. The number of terminal acetylenes is 1. The molecule has 6 nitrogen and oxygen atoms in total. The summed E-state index contributed by atoms with van der Waals surface area (Å²) in [7, 11) is 0. The zero-order valence-electron chi connectivity index (χ0n) is 17.7. The van der Waals surface area contributed by atoms with E-state index in [4.69, 9.17) is 27.5 Å². The van der Waals surface area contributed by atoms with Crippen LogP contribution in [0.2, 0.25) is 5.02 Å². The highest BCUT2D eigenvalue weighted by molar-refractivity contribution is 6.31. The molecule has 0 radical (unpaired) electrons. The number of benzene rings is 2. The van der Waals surface area contributed by atoms with Gasteiger partial charge in [-0.25, -0.2) is 0 Å². The van der Waals surface area contributed by atoms with Gasteiger partial charge in [0.05, 0.1) is 12.1 Å². The topological polar surface area (TPSA) is 46.9 Å². The standard InChI is InChI=1S/C25H24ClN3O3/c1-2-7-29-22-14-21(26)5-4-19(22)13-20(25(29)30)16-28-10-8-27(9-11-28)15-18-3-6-23-24(12-18)32-17-31-23/h1,3-6,12-14H,7-11,15-17H2. The van der Waals surface area contributed by atoms with Crippen molar-refractivity contribution in [1.82, 2.24) is 14.4 Å². The Morgan fingerprint density at radius 1 is 0.938 bits per heavy atom. The van der Waals surface area contributed by atoms with E-state index in [1.165, 1.54) is 5.56 Å². The first kappa shape index (κ1) is 20.9. The molecule has 5 rings (SSSR count). The first-order valence-corrected chi connectivity index (χ1v) is 11.1. The van der Waals surface area contributed by atoms with Crippen molar-refractivity contribution in [3.05, 3.63) is 69.0 Å². The van der Waals surface area contributed by atoms with Gasteiger partial charge < -0.3 is 9.47 Å². The van der Waals surface area contributed by atoms with Crippen molar-refractivity contribution in [3.8, 4) is 23.8 Å². The molecule has 2 aliphatic heterocycles. The minimum Gasteiger partial charge on any atom is -0.454 e. The summed E-state index contributed by atoms with van der Waals surface area (Å²) in [4.78, 5) is 17.9. The van der Waals surface area contributed by atoms with Crippen molar-refractivity contribution in [2.45, 2.75) is 19.6 Å². The van der Waals surface area contributed by atoms with Crippen LogP contribution in [-0.4, -0.2) is 47.3 Å². The fourth-order valence-electron chi connectivity index (χ4n) is 4.41. The Kier molecular flexibility index (Phi) is 5.79. The summed E-state index contributed by atoms with van der Waals surface area (Å²) in [5, 5.41) is 1.56. The van der Waals surface area contributed by atoms with E-state index in [0.29, 0.717) is 18.4 Å². The molecule has 7 heteroatoms. The number of pyridine rings is 1. The predicted molar refractivity (Wildman–Crippen MR) is 125 cm³/mol. The lowest BCUT2D eigenvalue weighted by atomic mass is 10.1. The zero-order chi connectivity index (χ0) is 22.1. The second-order valence-electron chi connectivity index (χ2n) is 8.21. The fraction of sp³-hybridized carbons (Fsp3) is 0.320. The maximum Gasteiger partial charge on any atom is 0.256 e. The molecule has 1 fully saturated rings. The summed E-state index contributed by atoms with van der Waals surface area (Å²) in [5.74, 6) is 4.23. The maximum absolute atomic E-state index is 13.1. The number of nitrogens with zero attached hydrogens (tertiary/aromatic N) is 3. The molecular weight excluding hydrogens is 426 g/mol. The predicted octanol–water partition coefficient (Wildman–Crippen LogP) is 3.33. The molecular formula is C25H24ClN3O3. The van der Waals surface area contributed by atoms with Crippen molar-refractivity contribution in [1.29, 1.82) is 0 Å². The number of rotatable bonds is 5. The first-order chi connectivity index (χ1) is 15.6. The molecule has 0 bridgehead atoms. The van der Waals surface area contributed by atoms with Crippen LogP contribution < -0.4 is 15.0 Å². The van der Waals surface area contributed by atoms with E-state index >= 15 is 0 Å². The van der Waals surface area contributed by atoms with E-state index < -0.39 is 0 Å². The lowest BCUT2D eigenvalue weighted by molar-refractivity contribution is 0.121. The van der Waals surface area contributed by atoms with Crippen LogP contribution in [0.15, 0.2) is 47.3 Å². The highest BCUT2D eigenvalue weighted by atomic mass is 35.5. The lowest BCUT2D eigenvalue weighted by Gasteiger charge is -2.34. The SMILES string of the molecule is C#CCn1c(=O)c(CN2CCN(Cc3ccc4c(c3)OCO4)CC2)cc2ccc(Cl)cc21. The molecule has 3 aromatic rings. The van der Waals surface area contributed by atoms with Crippen molar-refractivity contribution in [3.63, 3.8) is 0 Å². The molecule has 0 saturated carbocycles. The van der Waals surface area contributed by atoms with Crippen LogP contribution in [0.3, 0.4) is 0 Å². The van der Waals surface area contributed by atoms with E-state index in [2.05, 4.69) is 27.9 Å². The van der Waals surface area contributed by atoms with E-state index in [9.17, 15) is 4.79 Å². The van der Waals surface area contributed by atoms with E-state index in [-0.39, 0.29) is 12.1 Å². The molecule has 0 unspecified atom stereocenters. The van der Waals surface area contributed by atoms with E-state index in [1.54, 1.807) is 10.6 Å². The van der Waals surface area contributed by atoms with Gasteiger partial charge in [-0.05, 0) is 41.3 Å². The van der Waals surface area contributed by atoms with Gasteiger partial charge in [0.1, 0.15) is 0 Å². The summed E-state index contributed by atoms with van der Waals surface area (Å²) in [6.45, 7) is 5.69. The zero-order valence-corrected chi connectivity index (χ0v) is 18.5. The third-order valence-corrected chi connectivity index (χ3v) is 6.32. The number of hydrogen-bond acceptors (Lipinski definition) is 5. The smallest absolute Gasteiger partial charge is 0.256 e. The number of aromatic nitrogens is 1. The molecule has 0 N–H and O–H groups in total. The fourth-order valence-corrected chi connectivity index (χ4v) is 4.58. The van der Waals surface area contributed by atoms with Crippen LogP contribution in [-0.2, 0) is 19.6 Å². The number of hydrogen-bond donors (Lipinski definition) is 0. The van der Waals surface area contributed by atoms with Crippen molar-refractivity contribution < 1.29 is 9.47 Å². The van der Waals surface area contributed by atoms with Crippen LogP contribution in [0.4, 0.5) is 0 Å². The Labute approximate surface area is 191 Å². The minimum atomic E-state index is -0.0412. The quantitative estimate of drug-likeness (QED) is 0.559. The maximum atomic E-state index is 13.1. The highest BCUT2D eigenvalue weighted by Crippen LogP contribution is 2.32. The van der Waals surface area contributed by atoms with Gasteiger partial charge in [0.15, 0.2) is 11.5 Å². The van der Waals surface area contributed by atoms with Crippen molar-refractivity contribution in [2.24, 2.45) is 0 Å². The molecule has 2 aromatic carbocycles. The summed E-state index contributed by atoms with van der Waals surface area (Å²) < 4.78 is 12.5. The van der Waals surface area contributed by atoms with Crippen molar-refractivity contribution >= 4 is 22.5 Å². The van der Waals surface area contributed by atoms with E-state index in [0.717, 1.165) is 60.7 Å². The molecule has 32 heavy (non-hydrogen) atoms. The number of halogens is 1. The Morgan fingerprint density at radius 2 is 1.69 bits per heavy atom. The number of fused-ring (bicyclic) bond motifs is 2. The number of piperazine rings is 1. The minimum absolute atomic E-state index is 0.0412. The van der Waals surface area contributed by atoms with Gasteiger partial charge in [0, 0.05) is 49.9 Å². The Hall–Kier alpha value is -2.98. The second-order valence-corrected chi connectivity index (χ2v) is 8.64. The van der Waals surface area contributed by atoms with Gasteiger partial charge in [0.2, 0.25) is 6.79 Å². The largest absolute Gasteiger partial charge is 0.454 e. The van der Waals surface area contributed by atoms with Crippen molar-refractivity contribution in [2.75, 3.05) is 33.0 Å². The van der Waals surface area contributed by atoms with Crippen LogP contribution in [0.5, 0.6) is 11.5 Å². The van der Waals surface area contributed by atoms with Gasteiger partial charge in [0.25, 0.3) is 5.56 Å². The normalized spacial score (nSPS) is 16.4. The van der Waals surface area contributed by atoms with E-state index in [1.807, 2.05) is 24.3 Å². The van der Waals surface area contributed by atoms with Gasteiger partial charge in [-0.1, -0.05) is 29.7 Å². The summed E-state index contributed by atoms with van der Waals surface area (Å²) in [6.07, 6.45) is 5.53. The molecule has 0 aliphatic carbocycles. The highest BCUT2D eigenvalue weighted by Gasteiger charge is 2.20. The third-order valence-electron chi connectivity index (χ3n) is 6.08. The molecule has 3 heterocycles. The molecule has 164 valence electrons. The van der Waals surface area contributed by atoms with Crippen LogP contribution >= 0.6 is 11.6 Å². The van der Waals surface area contributed by atoms with Gasteiger partial charge in [-0.2, -0.15) is 0 Å². The average molecular weight is 450 g/mol. The lowest BCUT2D eigenvalue weighted by Crippen LogP contribution is -2.46. The molecule has 0 spiro atoms. The Bertz CT molecular complexity index is 1260.